The molecule has 1 N–H and O–H groups in total. The Morgan fingerprint density at radius 1 is 1.05 bits per heavy atom. The van der Waals surface area contributed by atoms with E-state index in [4.69, 9.17) is 21.3 Å². The van der Waals surface area contributed by atoms with Crippen LogP contribution in [0.5, 0.6) is 0 Å². The van der Waals surface area contributed by atoms with Crippen molar-refractivity contribution < 1.29 is 23.8 Å². The Labute approximate surface area is 254 Å². The van der Waals surface area contributed by atoms with E-state index in [0.29, 0.717) is 55.5 Å². The zero-order valence-electron chi connectivity index (χ0n) is 24.1. The number of anilines is 2. The highest BCUT2D eigenvalue weighted by Crippen LogP contribution is 2.33. The van der Waals surface area contributed by atoms with Crippen molar-refractivity contribution in [3.8, 4) is 0 Å². The predicted molar refractivity (Wildman–Crippen MR) is 163 cm³/mol. The third-order valence-corrected chi connectivity index (χ3v) is 8.60. The van der Waals surface area contributed by atoms with E-state index in [1.807, 2.05) is 25.1 Å². The number of carbonyl (C=O) groups is 2. The van der Waals surface area contributed by atoms with Crippen LogP contribution in [0, 0.1) is 12.7 Å². The van der Waals surface area contributed by atoms with E-state index < -0.39 is 11.8 Å². The molecule has 6 rings (SSSR count). The van der Waals surface area contributed by atoms with Gasteiger partial charge in [-0.25, -0.2) is 14.2 Å². The van der Waals surface area contributed by atoms with Crippen LogP contribution in [0.4, 0.5) is 15.8 Å². The third-order valence-electron chi connectivity index (χ3n) is 8.30. The Kier molecular flexibility index (Phi) is 8.09. The maximum atomic E-state index is 14.9. The van der Waals surface area contributed by atoms with E-state index in [2.05, 4.69) is 9.47 Å². The van der Waals surface area contributed by atoms with Gasteiger partial charge in [0.1, 0.15) is 11.6 Å². The van der Waals surface area contributed by atoms with Crippen molar-refractivity contribution in [2.24, 2.45) is 0 Å². The minimum absolute atomic E-state index is 0.0841. The number of nitrogens with zero attached hydrogens (tertiary/aromatic N) is 5. The van der Waals surface area contributed by atoms with Gasteiger partial charge in [0.25, 0.3) is 5.91 Å². The molecule has 2 aliphatic heterocycles. The van der Waals surface area contributed by atoms with Crippen LogP contribution < -0.4 is 4.90 Å². The number of aromatic nitrogens is 2. The van der Waals surface area contributed by atoms with Crippen molar-refractivity contribution in [2.45, 2.75) is 32.5 Å². The molecular weight excluding hydrogens is 573 g/mol. The summed E-state index contributed by atoms with van der Waals surface area (Å²) >= 11 is 6.43. The molecule has 3 aromatic carbocycles. The number of carboxylic acids is 1. The molecule has 11 heteroatoms. The van der Waals surface area contributed by atoms with Gasteiger partial charge in [-0.15, -0.1) is 0 Å². The number of aromatic carboxylic acids is 1. The van der Waals surface area contributed by atoms with Crippen molar-refractivity contribution in [3.05, 3.63) is 88.0 Å². The predicted octanol–water partition coefficient (Wildman–Crippen LogP) is 5.35. The van der Waals surface area contributed by atoms with Crippen LogP contribution in [-0.2, 0) is 17.8 Å². The van der Waals surface area contributed by atoms with E-state index in [9.17, 15) is 19.1 Å². The first-order chi connectivity index (χ1) is 20.7. The van der Waals surface area contributed by atoms with Gasteiger partial charge >= 0.3 is 5.97 Å². The maximum Gasteiger partial charge on any atom is 0.335 e. The lowest BCUT2D eigenvalue weighted by atomic mass is 10.1. The normalized spacial score (nSPS) is 17.2. The molecule has 43 heavy (non-hydrogen) atoms. The number of halogens is 2. The standard InChI is InChI=1S/C32H33ClFN5O4/c1-20-3-8-27(24(33)15-20)36(2)28-16-21(4-6-25(28)34)31(40)38-12-10-37(11-13-38)19-30-35-26-7-5-22(32(41)42)17-29(26)39(30)18-23-9-14-43-23/h3-8,15-17,23H,9-14,18-19H2,1-2H3,(H,41,42). The minimum Gasteiger partial charge on any atom is -0.478 e. The zero-order chi connectivity index (χ0) is 30.2. The highest BCUT2D eigenvalue weighted by Gasteiger charge is 2.27. The summed E-state index contributed by atoms with van der Waals surface area (Å²) in [5.74, 6) is -0.726. The summed E-state index contributed by atoms with van der Waals surface area (Å²) in [7, 11) is 1.73. The van der Waals surface area contributed by atoms with Crippen molar-refractivity contribution in [2.75, 3.05) is 44.7 Å². The van der Waals surface area contributed by atoms with Gasteiger partial charge < -0.3 is 24.2 Å². The number of hydrogen-bond donors (Lipinski definition) is 1. The number of hydrogen-bond acceptors (Lipinski definition) is 6. The number of rotatable bonds is 8. The molecule has 224 valence electrons. The summed E-state index contributed by atoms with van der Waals surface area (Å²) in [6.45, 7) is 6.16. The number of carbonyl (C=O) groups excluding carboxylic acids is 1. The zero-order valence-corrected chi connectivity index (χ0v) is 24.9. The number of amides is 1. The lowest BCUT2D eigenvalue weighted by Crippen LogP contribution is -2.48. The highest BCUT2D eigenvalue weighted by molar-refractivity contribution is 6.33. The van der Waals surface area contributed by atoms with Crippen LogP contribution >= 0.6 is 11.6 Å². The van der Waals surface area contributed by atoms with Crippen LogP contribution in [0.2, 0.25) is 5.02 Å². The molecule has 3 heterocycles. The second-order valence-electron chi connectivity index (χ2n) is 11.2. The van der Waals surface area contributed by atoms with Crippen molar-refractivity contribution in [1.29, 1.82) is 0 Å². The molecule has 1 unspecified atom stereocenters. The molecule has 0 spiro atoms. The van der Waals surface area contributed by atoms with Crippen LogP contribution in [0.1, 0.15) is 38.5 Å². The Hall–Kier alpha value is -3.99. The number of fused-ring (bicyclic) bond motifs is 1. The summed E-state index contributed by atoms with van der Waals surface area (Å²) < 4.78 is 22.6. The molecule has 0 aliphatic carbocycles. The number of piperazine rings is 1. The lowest BCUT2D eigenvalue weighted by molar-refractivity contribution is -0.0592. The van der Waals surface area contributed by atoms with Gasteiger partial charge in [0.05, 0.1) is 52.2 Å². The topological polar surface area (TPSA) is 91.1 Å². The van der Waals surface area contributed by atoms with Crippen molar-refractivity contribution >= 4 is 45.9 Å². The molecular formula is C32H33ClFN5O4. The fourth-order valence-electron chi connectivity index (χ4n) is 5.67. The summed E-state index contributed by atoms with van der Waals surface area (Å²) in [4.78, 5) is 35.6. The average molecular weight is 606 g/mol. The molecule has 4 aromatic rings. The monoisotopic (exact) mass is 605 g/mol. The molecule has 2 fully saturated rings. The van der Waals surface area contributed by atoms with Gasteiger partial charge in [-0.05, 0) is 67.4 Å². The first kappa shape index (κ1) is 29.1. The molecule has 0 saturated carbocycles. The molecule has 2 saturated heterocycles. The van der Waals surface area contributed by atoms with Gasteiger partial charge in [0.15, 0.2) is 0 Å². The average Bonchev–Trinajstić information content (AvgIpc) is 3.30. The first-order valence-corrected chi connectivity index (χ1v) is 14.7. The molecule has 0 radical (unpaired) electrons. The van der Waals surface area contributed by atoms with Crippen molar-refractivity contribution in [3.63, 3.8) is 0 Å². The van der Waals surface area contributed by atoms with Crippen LogP contribution in [-0.4, -0.2) is 82.3 Å². The second kappa shape index (κ2) is 11.9. The van der Waals surface area contributed by atoms with E-state index >= 15 is 0 Å². The van der Waals surface area contributed by atoms with E-state index in [1.165, 1.54) is 12.1 Å². The fourth-order valence-corrected chi connectivity index (χ4v) is 6.03. The first-order valence-electron chi connectivity index (χ1n) is 14.3. The van der Waals surface area contributed by atoms with E-state index in [1.54, 1.807) is 41.1 Å². The third kappa shape index (κ3) is 5.95. The van der Waals surface area contributed by atoms with Gasteiger partial charge in [-0.2, -0.15) is 0 Å². The SMILES string of the molecule is Cc1ccc(N(C)c2cc(C(=O)N3CCN(Cc4nc5ccc(C(=O)O)cc5n4CC4CCO4)CC3)ccc2F)c(Cl)c1. The summed E-state index contributed by atoms with van der Waals surface area (Å²) in [5, 5.41) is 10.0. The molecule has 1 amide bonds. The highest BCUT2D eigenvalue weighted by atomic mass is 35.5. The van der Waals surface area contributed by atoms with Gasteiger partial charge in [-0.1, -0.05) is 17.7 Å². The summed E-state index contributed by atoms with van der Waals surface area (Å²) in [5.41, 5.74) is 4.09. The van der Waals surface area contributed by atoms with Gasteiger partial charge in [0.2, 0.25) is 0 Å². The fraction of sp³-hybridized carbons (Fsp3) is 0.344. The van der Waals surface area contributed by atoms with E-state index in [0.717, 1.165) is 35.4 Å². The lowest BCUT2D eigenvalue weighted by Gasteiger charge is -2.35. The number of benzene rings is 3. The quantitative estimate of drug-likeness (QED) is 0.289. The molecule has 1 aromatic heterocycles. The minimum atomic E-state index is -0.976. The number of aryl methyl sites for hydroxylation is 1. The number of carboxylic acid groups (broad SMARTS) is 1. The van der Waals surface area contributed by atoms with E-state index in [-0.39, 0.29) is 23.3 Å². The molecule has 1 atom stereocenters. The Morgan fingerprint density at radius 3 is 2.47 bits per heavy atom. The Balaban J connectivity index is 1.15. The van der Waals surface area contributed by atoms with Crippen molar-refractivity contribution in [1.82, 2.24) is 19.4 Å². The summed E-state index contributed by atoms with van der Waals surface area (Å²) in [6.07, 6.45) is 1.04. The number of imidazole rings is 1. The Bertz CT molecular complexity index is 1700. The van der Waals surface area contributed by atoms with Crippen LogP contribution in [0.15, 0.2) is 54.6 Å². The summed E-state index contributed by atoms with van der Waals surface area (Å²) in [6, 6.07) is 15.0. The van der Waals surface area contributed by atoms with Gasteiger partial charge in [-0.3, -0.25) is 9.69 Å². The molecule has 0 bridgehead atoms. The Morgan fingerprint density at radius 2 is 1.79 bits per heavy atom. The van der Waals surface area contributed by atoms with Crippen LogP contribution in [0.3, 0.4) is 0 Å². The van der Waals surface area contributed by atoms with Gasteiger partial charge in [0, 0.05) is 45.4 Å². The smallest absolute Gasteiger partial charge is 0.335 e. The molecule has 2 aliphatic rings. The molecule has 9 nitrogen and oxygen atoms in total. The number of ether oxygens (including phenoxy) is 1. The second-order valence-corrected chi connectivity index (χ2v) is 11.6. The largest absolute Gasteiger partial charge is 0.478 e. The van der Waals surface area contributed by atoms with Crippen LogP contribution in [0.25, 0.3) is 11.0 Å². The maximum absolute atomic E-state index is 14.9.